The van der Waals surface area contributed by atoms with Gasteiger partial charge >= 0.3 is 5.97 Å². The number of anilines is 2. The summed E-state index contributed by atoms with van der Waals surface area (Å²) in [6, 6.07) is 5.84. The maximum atomic E-state index is 12.2. The van der Waals surface area contributed by atoms with Crippen LogP contribution in [0.15, 0.2) is 18.2 Å². The van der Waals surface area contributed by atoms with Gasteiger partial charge in [-0.3, -0.25) is 0 Å². The molecule has 1 fully saturated rings. The van der Waals surface area contributed by atoms with E-state index in [0.717, 1.165) is 31.7 Å². The molecule has 0 aromatic heterocycles. The summed E-state index contributed by atoms with van der Waals surface area (Å²) in [4.78, 5) is 16.8. The summed E-state index contributed by atoms with van der Waals surface area (Å²) in [6.45, 7) is 7.35. The van der Waals surface area contributed by atoms with Crippen LogP contribution < -0.4 is 10.6 Å². The van der Waals surface area contributed by atoms with Crippen LogP contribution >= 0.6 is 0 Å². The zero-order valence-electron chi connectivity index (χ0n) is 13.1. The summed E-state index contributed by atoms with van der Waals surface area (Å²) in [7, 11) is 2.13. The molecule has 0 amide bonds. The van der Waals surface area contributed by atoms with Crippen LogP contribution in [0.1, 0.15) is 30.6 Å². The zero-order chi connectivity index (χ0) is 15.4. The highest BCUT2D eigenvalue weighted by Crippen LogP contribution is 2.27. The van der Waals surface area contributed by atoms with Gasteiger partial charge in [0.25, 0.3) is 0 Å². The second-order valence-electron chi connectivity index (χ2n) is 5.66. The molecule has 5 nitrogen and oxygen atoms in total. The van der Waals surface area contributed by atoms with Gasteiger partial charge in [0.05, 0.1) is 17.9 Å². The Morgan fingerprint density at radius 1 is 1.43 bits per heavy atom. The molecule has 1 aromatic carbocycles. The van der Waals surface area contributed by atoms with E-state index in [0.29, 0.717) is 23.9 Å². The maximum Gasteiger partial charge on any atom is 0.340 e. The summed E-state index contributed by atoms with van der Waals surface area (Å²) in [5.41, 5.74) is 7.91. The van der Waals surface area contributed by atoms with Crippen LogP contribution in [0.5, 0.6) is 0 Å². The Balaban J connectivity index is 2.35. The third kappa shape index (κ3) is 3.67. The van der Waals surface area contributed by atoms with Crippen LogP contribution in [0.3, 0.4) is 0 Å². The summed E-state index contributed by atoms with van der Waals surface area (Å²) in [6.07, 6.45) is 1.08. The third-order valence-electron chi connectivity index (χ3n) is 3.87. The van der Waals surface area contributed by atoms with Crippen LogP contribution in [-0.2, 0) is 4.74 Å². The zero-order valence-corrected chi connectivity index (χ0v) is 13.1. The Morgan fingerprint density at radius 2 is 2.19 bits per heavy atom. The van der Waals surface area contributed by atoms with Crippen LogP contribution in [0.25, 0.3) is 0 Å². The van der Waals surface area contributed by atoms with Crippen molar-refractivity contribution in [3.63, 3.8) is 0 Å². The topological polar surface area (TPSA) is 58.8 Å². The van der Waals surface area contributed by atoms with Crippen LogP contribution in [0, 0.1) is 0 Å². The lowest BCUT2D eigenvalue weighted by Gasteiger charge is -2.31. The van der Waals surface area contributed by atoms with Gasteiger partial charge in [0.1, 0.15) is 0 Å². The van der Waals surface area contributed by atoms with Crippen molar-refractivity contribution in [1.82, 2.24) is 4.90 Å². The van der Waals surface area contributed by atoms with Gasteiger partial charge < -0.3 is 20.3 Å². The first-order valence-corrected chi connectivity index (χ1v) is 7.54. The number of rotatable bonds is 3. The van der Waals surface area contributed by atoms with E-state index in [1.54, 1.807) is 6.07 Å². The standard InChI is InChI=1S/C16H25N3O2/c1-4-21-16(20)14-10-13(17)6-7-15(14)19-9-5-8-18(3)11-12(19)2/h6-7,10,12H,4-5,8-9,11,17H2,1-3H3. The lowest BCUT2D eigenvalue weighted by molar-refractivity contribution is 0.0527. The van der Waals surface area contributed by atoms with Gasteiger partial charge in [0, 0.05) is 24.8 Å². The van der Waals surface area contributed by atoms with Crippen molar-refractivity contribution >= 4 is 17.3 Å². The number of ether oxygens (including phenoxy) is 1. The number of carbonyl (C=O) groups is 1. The fraction of sp³-hybridized carbons (Fsp3) is 0.562. The van der Waals surface area contributed by atoms with Gasteiger partial charge in [0.15, 0.2) is 0 Å². The molecule has 1 aliphatic rings. The Bertz CT molecular complexity index is 504. The molecular formula is C16H25N3O2. The van der Waals surface area contributed by atoms with E-state index >= 15 is 0 Å². The fourth-order valence-electron chi connectivity index (χ4n) is 2.91. The molecule has 21 heavy (non-hydrogen) atoms. The quantitative estimate of drug-likeness (QED) is 0.681. The molecule has 0 aliphatic carbocycles. The first-order chi connectivity index (χ1) is 10.0. The van der Waals surface area contributed by atoms with Gasteiger partial charge in [-0.15, -0.1) is 0 Å². The number of hydrogen-bond acceptors (Lipinski definition) is 5. The average molecular weight is 291 g/mol. The molecule has 0 spiro atoms. The van der Waals surface area contributed by atoms with Crippen molar-refractivity contribution in [1.29, 1.82) is 0 Å². The molecule has 0 radical (unpaired) electrons. The Hall–Kier alpha value is -1.75. The number of nitrogen functional groups attached to an aromatic ring is 1. The van der Waals surface area contributed by atoms with Crippen LogP contribution in [0.2, 0.25) is 0 Å². The monoisotopic (exact) mass is 291 g/mol. The van der Waals surface area contributed by atoms with E-state index in [-0.39, 0.29) is 5.97 Å². The molecule has 5 heteroatoms. The number of hydrogen-bond donors (Lipinski definition) is 1. The molecular weight excluding hydrogens is 266 g/mol. The molecule has 1 aromatic rings. The normalized spacial score (nSPS) is 20.1. The summed E-state index contributed by atoms with van der Waals surface area (Å²) < 4.78 is 5.17. The van der Waals surface area contributed by atoms with E-state index in [4.69, 9.17) is 10.5 Å². The molecule has 1 unspecified atom stereocenters. The van der Waals surface area contributed by atoms with E-state index in [2.05, 4.69) is 23.8 Å². The molecule has 1 heterocycles. The number of carbonyl (C=O) groups excluding carboxylic acids is 1. The molecule has 1 saturated heterocycles. The molecule has 2 N–H and O–H groups in total. The SMILES string of the molecule is CCOC(=O)c1cc(N)ccc1N1CCCN(C)CC1C. The van der Waals surface area contributed by atoms with E-state index in [1.807, 2.05) is 19.1 Å². The highest BCUT2D eigenvalue weighted by atomic mass is 16.5. The summed E-state index contributed by atoms with van der Waals surface area (Å²) in [5, 5.41) is 0. The van der Waals surface area contributed by atoms with E-state index in [9.17, 15) is 4.79 Å². The van der Waals surface area contributed by atoms with Crippen molar-refractivity contribution in [3.8, 4) is 0 Å². The predicted octanol–water partition coefficient (Wildman–Crippen LogP) is 1.98. The minimum Gasteiger partial charge on any atom is -0.462 e. The molecule has 0 bridgehead atoms. The van der Waals surface area contributed by atoms with E-state index < -0.39 is 0 Å². The predicted molar refractivity (Wildman–Crippen MR) is 85.7 cm³/mol. The molecule has 116 valence electrons. The van der Waals surface area contributed by atoms with Crippen LogP contribution in [-0.4, -0.2) is 50.2 Å². The molecule has 1 atom stereocenters. The molecule has 0 saturated carbocycles. The second kappa shape index (κ2) is 6.80. The lowest BCUT2D eigenvalue weighted by Crippen LogP contribution is -2.38. The Morgan fingerprint density at radius 3 is 2.90 bits per heavy atom. The molecule has 1 aliphatic heterocycles. The maximum absolute atomic E-state index is 12.2. The van der Waals surface area contributed by atoms with Crippen molar-refractivity contribution in [2.75, 3.05) is 43.9 Å². The summed E-state index contributed by atoms with van der Waals surface area (Å²) in [5.74, 6) is -0.301. The van der Waals surface area contributed by atoms with Gasteiger partial charge in [-0.2, -0.15) is 0 Å². The average Bonchev–Trinajstić information content (AvgIpc) is 2.60. The minimum absolute atomic E-state index is 0.301. The van der Waals surface area contributed by atoms with E-state index in [1.165, 1.54) is 0 Å². The van der Waals surface area contributed by atoms with Gasteiger partial charge in [0.2, 0.25) is 0 Å². The minimum atomic E-state index is -0.301. The highest BCUT2D eigenvalue weighted by molar-refractivity contribution is 5.97. The molecule has 2 rings (SSSR count). The lowest BCUT2D eigenvalue weighted by atomic mass is 10.1. The van der Waals surface area contributed by atoms with Gasteiger partial charge in [-0.1, -0.05) is 0 Å². The van der Waals surface area contributed by atoms with Gasteiger partial charge in [-0.05, 0) is 52.1 Å². The number of likely N-dealkylation sites (N-methyl/N-ethyl adjacent to an activating group) is 1. The number of nitrogens with zero attached hydrogens (tertiary/aromatic N) is 2. The Kier molecular flexibility index (Phi) is 5.07. The fourth-order valence-corrected chi connectivity index (χ4v) is 2.91. The number of nitrogens with two attached hydrogens (primary N) is 1. The second-order valence-corrected chi connectivity index (χ2v) is 5.66. The smallest absolute Gasteiger partial charge is 0.340 e. The van der Waals surface area contributed by atoms with Crippen molar-refractivity contribution in [2.45, 2.75) is 26.3 Å². The summed E-state index contributed by atoms with van der Waals surface area (Å²) >= 11 is 0. The largest absolute Gasteiger partial charge is 0.462 e. The number of benzene rings is 1. The first-order valence-electron chi connectivity index (χ1n) is 7.54. The first kappa shape index (κ1) is 15.6. The van der Waals surface area contributed by atoms with Gasteiger partial charge in [-0.25, -0.2) is 4.79 Å². The highest BCUT2D eigenvalue weighted by Gasteiger charge is 2.24. The Labute approximate surface area is 126 Å². The number of esters is 1. The van der Waals surface area contributed by atoms with Crippen molar-refractivity contribution in [3.05, 3.63) is 23.8 Å². The third-order valence-corrected chi connectivity index (χ3v) is 3.87. The van der Waals surface area contributed by atoms with Crippen LogP contribution in [0.4, 0.5) is 11.4 Å². The van der Waals surface area contributed by atoms with Crippen molar-refractivity contribution < 1.29 is 9.53 Å². The van der Waals surface area contributed by atoms with Crippen molar-refractivity contribution in [2.24, 2.45) is 0 Å².